The van der Waals surface area contributed by atoms with Crippen LogP contribution in [0.15, 0.2) is 0 Å². The molecule has 0 spiro atoms. The molecule has 33 atom stereocenters. The summed E-state index contributed by atoms with van der Waals surface area (Å²) >= 11 is 0. The largest absolute Gasteiger partial charge is 0.462 e. The lowest BCUT2D eigenvalue weighted by Gasteiger charge is -2.48. The van der Waals surface area contributed by atoms with Gasteiger partial charge in [-0.3, -0.25) is 9.59 Å². The van der Waals surface area contributed by atoms with Gasteiger partial charge in [0.25, 0.3) is 0 Å². The first-order chi connectivity index (χ1) is 38.8. The molecule has 0 amide bonds. The van der Waals surface area contributed by atoms with Crippen molar-refractivity contribution >= 4 is 19.8 Å². The van der Waals surface area contributed by atoms with E-state index in [0.29, 0.717) is 12.8 Å². The van der Waals surface area contributed by atoms with Crippen LogP contribution in [0.25, 0.3) is 0 Å². The first-order valence-corrected chi connectivity index (χ1v) is 28.1. The van der Waals surface area contributed by atoms with Crippen LogP contribution in [0, 0.1) is 11.8 Å². The fraction of sp³-hybridized carbons (Fsp3) is 0.961. The van der Waals surface area contributed by atoms with E-state index >= 15 is 0 Å². The molecule has 14 N–H and O–H groups in total. The van der Waals surface area contributed by atoms with Crippen LogP contribution in [0.3, 0.4) is 0 Å². The minimum atomic E-state index is -1.93. The molecule has 82 heavy (non-hydrogen) atoms. The Bertz CT molecular complexity index is 1990. The highest BCUT2D eigenvalue weighted by atomic mass is 16.8. The molecule has 7 aliphatic heterocycles. The van der Waals surface area contributed by atoms with Gasteiger partial charge < -0.3 is 138 Å². The summed E-state index contributed by atoms with van der Waals surface area (Å²) in [6.45, 7) is 8.23. The van der Waals surface area contributed by atoms with Gasteiger partial charge in [0.1, 0.15) is 118 Å². The number of ether oxygens (including phenoxy) is 14. The maximum absolute atomic E-state index is 13.5. The van der Waals surface area contributed by atoms with Crippen LogP contribution in [-0.4, -0.2) is 308 Å². The van der Waals surface area contributed by atoms with Gasteiger partial charge in [0.05, 0.1) is 75.9 Å². The molecule has 7 aliphatic rings. The van der Waals surface area contributed by atoms with E-state index in [-0.39, 0.29) is 25.4 Å². The van der Waals surface area contributed by atoms with Crippen molar-refractivity contribution in [3.8, 4) is 0 Å². The molecule has 472 valence electrons. The molecule has 30 nitrogen and oxygen atoms in total. The monoisotopic (exact) mass is 1190 g/mol. The third kappa shape index (κ3) is 15.8. The van der Waals surface area contributed by atoms with E-state index in [4.69, 9.17) is 74.2 Å². The Morgan fingerprint density at radius 2 is 1.13 bits per heavy atom. The molecular weight excluding hydrogens is 1100 g/mol. The fourth-order valence-electron chi connectivity index (χ4n) is 11.1. The zero-order valence-electron chi connectivity index (χ0n) is 46.5. The Kier molecular flexibility index (Phi) is 24.5. The average molecular weight is 1190 g/mol. The van der Waals surface area contributed by atoms with E-state index in [2.05, 4.69) is 0 Å². The lowest BCUT2D eigenvalue weighted by atomic mass is 9.84. The Hall–Kier alpha value is -2.04. The number of fused-ring (bicyclic) bond motifs is 3. The Morgan fingerprint density at radius 3 is 1.80 bits per heavy atom. The molecule has 2 radical (unpaired) electrons. The molecule has 7 fully saturated rings. The van der Waals surface area contributed by atoms with Crippen LogP contribution in [0.1, 0.15) is 80.1 Å². The molecule has 0 saturated carbocycles. The van der Waals surface area contributed by atoms with E-state index in [9.17, 15) is 81.1 Å². The highest BCUT2D eigenvalue weighted by molar-refractivity contribution is 6.11. The molecule has 7 heterocycles. The van der Waals surface area contributed by atoms with Crippen LogP contribution in [-0.2, 0) is 75.9 Å². The maximum Gasteiger partial charge on any atom is 0.308 e. The number of hydrogen-bond donors (Lipinski definition) is 14. The van der Waals surface area contributed by atoms with Gasteiger partial charge in [0, 0.05) is 24.8 Å². The predicted molar refractivity (Wildman–Crippen MR) is 268 cm³/mol. The predicted octanol–water partition coefficient (Wildman–Crippen LogP) is -6.71. The Labute approximate surface area is 474 Å². The molecule has 0 aliphatic carbocycles. The molecule has 0 aromatic rings. The number of carbonyl (C=O) groups is 2. The highest BCUT2D eigenvalue weighted by Crippen LogP contribution is 2.37. The fourth-order valence-corrected chi connectivity index (χ4v) is 11.1. The van der Waals surface area contributed by atoms with Gasteiger partial charge in [-0.2, -0.15) is 0 Å². The smallest absolute Gasteiger partial charge is 0.308 e. The van der Waals surface area contributed by atoms with E-state index in [0.717, 1.165) is 0 Å². The molecule has 7 saturated heterocycles. The number of esters is 2. The van der Waals surface area contributed by atoms with Crippen molar-refractivity contribution in [2.75, 3.05) is 26.4 Å². The van der Waals surface area contributed by atoms with Gasteiger partial charge >= 0.3 is 11.9 Å². The summed E-state index contributed by atoms with van der Waals surface area (Å²) in [6, 6.07) is -1.41. The SMILES string of the molecule is [B][C@@H]1O[C@H](C)[C@H](OC(=O)C[C@@H](O)C[C@H](OC(=O)C[C@@H](O)C[C@@H]2O[C@@H]3O[C@@H](CO)[C@H](O)[C@H]3O[C@@H]3O[C@@H](CC)[C@H](O)[C@@H](OC[C@@H]2C)[C@H]3O)[C@@H](C)CC)[C@H](O)[C@H]1O[C@@H]1O[C@@H](C)[C@H](O[C@@H]2OC[C@@H](O)[C@H](O[C@@H]3OC[C@@H](O)[C@H](O)[C@H]3O)[C@H]2O)[C@@H](O)[C@H]1O. The standard InChI is InChI=1S/C51H85BO30/c1-7-17(3)26(74-29(58)11-22(55)10-27-18(4)14-69-43-32(61)25(8-2)75-50(39(43)68)82-45-33(62)28(13-53)77-51(45)76-27)9-21(54)12-30(59)78-41-19(5)72-46(52)44(37(41)66)81-49-36(65)34(63)40(20(6)73-49)79-48-38(67)42(24(57)16-71-48)80-47-35(64)31(60)23(56)15-70-47/h17-28,31-51,53-57,60-68H,7-16H2,1-6H3/t17-,18-,19+,20-,21-,22-,23+,24+,25-,26-,27-,28-,31-,32-,33-,34-,35+,36+,37-,38+,39+,40-,41-,42-,43+,44+,45+,46+,47-,48-,49-,50-,51+/m0/s1. The first-order valence-electron chi connectivity index (χ1n) is 28.1. The summed E-state index contributed by atoms with van der Waals surface area (Å²) < 4.78 is 80.7. The van der Waals surface area contributed by atoms with E-state index < -0.39 is 241 Å². The van der Waals surface area contributed by atoms with Crippen LogP contribution < -0.4 is 0 Å². The normalized spacial score (nSPS) is 47.2. The zero-order valence-corrected chi connectivity index (χ0v) is 46.5. The second kappa shape index (κ2) is 29.8. The van der Waals surface area contributed by atoms with Crippen molar-refractivity contribution in [1.82, 2.24) is 0 Å². The number of hydrogen-bond acceptors (Lipinski definition) is 30. The quantitative estimate of drug-likeness (QED) is 0.0398. The number of aliphatic hydroxyl groups excluding tert-OH is 14. The van der Waals surface area contributed by atoms with Gasteiger partial charge in [0.15, 0.2) is 37.6 Å². The van der Waals surface area contributed by atoms with Gasteiger partial charge in [-0.25, -0.2) is 0 Å². The topological polar surface area (TPSA) is 447 Å². The maximum atomic E-state index is 13.5. The highest BCUT2D eigenvalue weighted by Gasteiger charge is 2.55. The van der Waals surface area contributed by atoms with Crippen LogP contribution in [0.2, 0.25) is 0 Å². The van der Waals surface area contributed by atoms with E-state index in [1.54, 1.807) is 20.8 Å². The lowest BCUT2D eigenvalue weighted by molar-refractivity contribution is -0.368. The molecular formula is C51H85BO30. The zero-order chi connectivity index (χ0) is 60.2. The van der Waals surface area contributed by atoms with Gasteiger partial charge in [-0.15, -0.1) is 0 Å². The first kappa shape index (κ1) is 67.5. The van der Waals surface area contributed by atoms with Crippen molar-refractivity contribution in [2.45, 2.75) is 270 Å². The lowest BCUT2D eigenvalue weighted by Crippen LogP contribution is -2.65. The van der Waals surface area contributed by atoms with E-state index in [1.807, 2.05) is 6.92 Å². The average Bonchev–Trinajstić information content (AvgIpc) is 3.91. The van der Waals surface area contributed by atoms with Crippen molar-refractivity contribution in [2.24, 2.45) is 11.8 Å². The molecule has 0 aromatic carbocycles. The van der Waals surface area contributed by atoms with Crippen molar-refractivity contribution in [3.05, 3.63) is 0 Å². The third-order valence-electron chi connectivity index (χ3n) is 16.3. The molecule has 0 aromatic heterocycles. The molecule has 2 bridgehead atoms. The van der Waals surface area contributed by atoms with Crippen molar-refractivity contribution in [1.29, 1.82) is 0 Å². The van der Waals surface area contributed by atoms with Gasteiger partial charge in [-0.1, -0.05) is 34.1 Å². The number of aliphatic hydroxyl groups is 14. The minimum Gasteiger partial charge on any atom is -0.462 e. The van der Waals surface area contributed by atoms with Crippen molar-refractivity contribution < 1.29 is 147 Å². The summed E-state index contributed by atoms with van der Waals surface area (Å²) in [5, 5.41) is 151. The summed E-state index contributed by atoms with van der Waals surface area (Å²) in [6.07, 6.45) is -44.0. The van der Waals surface area contributed by atoms with Gasteiger partial charge in [0.2, 0.25) is 0 Å². The van der Waals surface area contributed by atoms with Gasteiger partial charge in [-0.05, 0) is 26.2 Å². The van der Waals surface area contributed by atoms with Crippen LogP contribution in [0.5, 0.6) is 0 Å². The summed E-state index contributed by atoms with van der Waals surface area (Å²) in [5.41, 5.74) is 0. The van der Waals surface area contributed by atoms with Crippen LogP contribution >= 0.6 is 0 Å². The van der Waals surface area contributed by atoms with E-state index in [1.165, 1.54) is 13.8 Å². The summed E-state index contributed by atoms with van der Waals surface area (Å²) in [4.78, 5) is 26.9. The molecule has 0 unspecified atom stereocenters. The Balaban J connectivity index is 0.902. The second-order valence-corrected chi connectivity index (χ2v) is 22.6. The minimum absolute atomic E-state index is 0.119. The van der Waals surface area contributed by atoms with Crippen LogP contribution in [0.4, 0.5) is 0 Å². The summed E-state index contributed by atoms with van der Waals surface area (Å²) in [7, 11) is 6.20. The number of rotatable bonds is 20. The van der Waals surface area contributed by atoms with Crippen molar-refractivity contribution in [3.63, 3.8) is 0 Å². The third-order valence-corrected chi connectivity index (χ3v) is 16.3. The summed E-state index contributed by atoms with van der Waals surface area (Å²) in [5.74, 6) is -2.85. The second-order valence-electron chi connectivity index (χ2n) is 22.6. The Morgan fingerprint density at radius 1 is 0.549 bits per heavy atom. The number of carbonyl (C=O) groups excluding carboxylic acids is 2. The molecule has 31 heteroatoms. The molecule has 7 rings (SSSR count).